The minimum absolute atomic E-state index is 0. The number of nitrogens with two attached hydrogens (primary N) is 1. The Bertz CT molecular complexity index is 272. The molecule has 1 aromatic rings. The summed E-state index contributed by atoms with van der Waals surface area (Å²) in [5.41, 5.74) is 7.25. The maximum absolute atomic E-state index is 5.88. The van der Waals surface area contributed by atoms with Crippen LogP contribution in [0.2, 0.25) is 0 Å². The molecular formula is C12H20Cl2N2. The molecule has 2 nitrogen and oxygen atoms in total. The third-order valence-corrected chi connectivity index (χ3v) is 3.14. The summed E-state index contributed by atoms with van der Waals surface area (Å²) in [5, 5.41) is 0. The van der Waals surface area contributed by atoms with Crippen LogP contribution in [-0.4, -0.2) is 11.0 Å². The highest BCUT2D eigenvalue weighted by atomic mass is 35.5. The molecule has 1 aliphatic carbocycles. The molecule has 0 aliphatic heterocycles. The molecule has 2 rings (SSSR count). The van der Waals surface area contributed by atoms with Crippen molar-refractivity contribution in [3.05, 3.63) is 30.1 Å². The van der Waals surface area contributed by atoms with Gasteiger partial charge in [-0.25, -0.2) is 0 Å². The fourth-order valence-electron chi connectivity index (χ4n) is 2.24. The van der Waals surface area contributed by atoms with E-state index < -0.39 is 0 Å². The van der Waals surface area contributed by atoms with Gasteiger partial charge >= 0.3 is 0 Å². The van der Waals surface area contributed by atoms with Crippen LogP contribution in [0, 0.1) is 5.92 Å². The maximum atomic E-state index is 5.88. The molecule has 0 atom stereocenters. The topological polar surface area (TPSA) is 38.9 Å². The molecule has 0 radical (unpaired) electrons. The molecular weight excluding hydrogens is 243 g/mol. The van der Waals surface area contributed by atoms with E-state index in [1.165, 1.54) is 37.7 Å². The summed E-state index contributed by atoms with van der Waals surface area (Å²) in [4.78, 5) is 4.14. The quantitative estimate of drug-likeness (QED) is 0.890. The fourth-order valence-corrected chi connectivity index (χ4v) is 2.24. The summed E-state index contributed by atoms with van der Waals surface area (Å²) in [5.74, 6) is 0.832. The van der Waals surface area contributed by atoms with Gasteiger partial charge in [0.15, 0.2) is 0 Å². The van der Waals surface area contributed by atoms with Crippen molar-refractivity contribution in [1.29, 1.82) is 0 Å². The van der Waals surface area contributed by atoms with Crippen molar-refractivity contribution in [1.82, 2.24) is 4.98 Å². The van der Waals surface area contributed by atoms with Gasteiger partial charge in [-0.15, -0.1) is 24.8 Å². The molecule has 1 heterocycles. The minimum Gasteiger partial charge on any atom is -0.328 e. The summed E-state index contributed by atoms with van der Waals surface area (Å²) in [6.45, 7) is 0. The van der Waals surface area contributed by atoms with Gasteiger partial charge in [-0.2, -0.15) is 0 Å². The van der Waals surface area contributed by atoms with Gasteiger partial charge < -0.3 is 5.73 Å². The molecule has 1 aliphatic rings. The van der Waals surface area contributed by atoms with E-state index in [-0.39, 0.29) is 24.8 Å². The number of rotatable bonds is 2. The van der Waals surface area contributed by atoms with E-state index in [0.717, 1.165) is 5.92 Å². The minimum atomic E-state index is 0. The van der Waals surface area contributed by atoms with E-state index in [4.69, 9.17) is 5.73 Å². The Kier molecular flexibility index (Phi) is 7.73. The molecule has 4 heteroatoms. The lowest BCUT2D eigenvalue weighted by Gasteiger charge is -2.25. The predicted octanol–water partition coefficient (Wildman–Crippen LogP) is 2.99. The lowest BCUT2D eigenvalue weighted by Crippen LogP contribution is -2.27. The zero-order chi connectivity index (χ0) is 9.80. The van der Waals surface area contributed by atoms with Gasteiger partial charge in [0.25, 0.3) is 0 Å². The molecule has 0 spiro atoms. The average Bonchev–Trinajstić information content (AvgIpc) is 2.23. The van der Waals surface area contributed by atoms with Crippen molar-refractivity contribution >= 4 is 24.8 Å². The van der Waals surface area contributed by atoms with E-state index in [0.29, 0.717) is 6.04 Å². The van der Waals surface area contributed by atoms with Gasteiger partial charge in [-0.3, -0.25) is 4.98 Å². The van der Waals surface area contributed by atoms with Gasteiger partial charge in [0.2, 0.25) is 0 Å². The van der Waals surface area contributed by atoms with Gasteiger partial charge in [-0.1, -0.05) is 6.07 Å². The van der Waals surface area contributed by atoms with Crippen LogP contribution < -0.4 is 5.73 Å². The Morgan fingerprint density at radius 2 is 1.88 bits per heavy atom. The zero-order valence-electron chi connectivity index (χ0n) is 9.34. The van der Waals surface area contributed by atoms with Crippen molar-refractivity contribution in [2.45, 2.75) is 38.1 Å². The van der Waals surface area contributed by atoms with E-state index in [1.54, 1.807) is 0 Å². The molecule has 1 fully saturated rings. The van der Waals surface area contributed by atoms with Crippen molar-refractivity contribution < 1.29 is 0 Å². The van der Waals surface area contributed by atoms with Gasteiger partial charge in [0, 0.05) is 18.4 Å². The Labute approximate surface area is 110 Å². The molecule has 2 N–H and O–H groups in total. The van der Waals surface area contributed by atoms with E-state index in [9.17, 15) is 0 Å². The second-order valence-electron chi connectivity index (χ2n) is 4.35. The molecule has 0 aromatic carbocycles. The fraction of sp³-hybridized carbons (Fsp3) is 0.583. The SMILES string of the molecule is Cl.Cl.NC1CCC(Cc2cccnc2)CC1. The predicted molar refractivity (Wildman–Crippen MR) is 72.4 cm³/mol. The third-order valence-electron chi connectivity index (χ3n) is 3.14. The van der Waals surface area contributed by atoms with Crippen LogP contribution in [0.5, 0.6) is 0 Å². The molecule has 1 aromatic heterocycles. The number of nitrogens with zero attached hydrogens (tertiary/aromatic N) is 1. The van der Waals surface area contributed by atoms with E-state index in [1.807, 2.05) is 18.5 Å². The highest BCUT2D eigenvalue weighted by Crippen LogP contribution is 2.25. The Morgan fingerprint density at radius 3 is 2.44 bits per heavy atom. The molecule has 0 amide bonds. The number of halogens is 2. The monoisotopic (exact) mass is 262 g/mol. The average molecular weight is 263 g/mol. The van der Waals surface area contributed by atoms with Crippen molar-refractivity contribution in [3.63, 3.8) is 0 Å². The first kappa shape index (κ1) is 15.7. The zero-order valence-corrected chi connectivity index (χ0v) is 11.0. The second-order valence-corrected chi connectivity index (χ2v) is 4.35. The molecule has 0 saturated heterocycles. The molecule has 0 unspecified atom stereocenters. The van der Waals surface area contributed by atoms with Crippen LogP contribution in [0.4, 0.5) is 0 Å². The van der Waals surface area contributed by atoms with Crippen LogP contribution in [-0.2, 0) is 6.42 Å². The third kappa shape index (κ3) is 4.69. The smallest absolute Gasteiger partial charge is 0.0299 e. The standard InChI is InChI=1S/C12H18N2.2ClH/c13-12-5-3-10(4-6-12)8-11-2-1-7-14-9-11;;/h1-2,7,9-10,12H,3-6,8,13H2;2*1H. The first-order valence-corrected chi connectivity index (χ1v) is 5.49. The van der Waals surface area contributed by atoms with Gasteiger partial charge in [-0.05, 0) is 49.7 Å². The normalized spacial score (nSPS) is 24.1. The summed E-state index contributed by atoms with van der Waals surface area (Å²) in [6, 6.07) is 4.64. The van der Waals surface area contributed by atoms with Crippen LogP contribution in [0.25, 0.3) is 0 Å². The van der Waals surface area contributed by atoms with Crippen molar-refractivity contribution in [2.75, 3.05) is 0 Å². The van der Waals surface area contributed by atoms with E-state index in [2.05, 4.69) is 11.1 Å². The van der Waals surface area contributed by atoms with Gasteiger partial charge in [0.1, 0.15) is 0 Å². The van der Waals surface area contributed by atoms with Crippen LogP contribution in [0.3, 0.4) is 0 Å². The second kappa shape index (κ2) is 7.88. The lowest BCUT2D eigenvalue weighted by molar-refractivity contribution is 0.325. The molecule has 92 valence electrons. The van der Waals surface area contributed by atoms with Crippen molar-refractivity contribution in [3.8, 4) is 0 Å². The highest BCUT2D eigenvalue weighted by molar-refractivity contribution is 5.85. The summed E-state index contributed by atoms with van der Waals surface area (Å²) in [7, 11) is 0. The molecule has 0 bridgehead atoms. The Hall–Kier alpha value is -0.310. The van der Waals surface area contributed by atoms with Crippen molar-refractivity contribution in [2.24, 2.45) is 11.7 Å². The number of hydrogen-bond donors (Lipinski definition) is 1. The molecule has 1 saturated carbocycles. The lowest BCUT2D eigenvalue weighted by atomic mass is 9.83. The van der Waals surface area contributed by atoms with E-state index >= 15 is 0 Å². The number of aromatic nitrogens is 1. The first-order valence-electron chi connectivity index (χ1n) is 5.49. The summed E-state index contributed by atoms with van der Waals surface area (Å²) in [6.07, 6.45) is 9.97. The summed E-state index contributed by atoms with van der Waals surface area (Å²) >= 11 is 0. The van der Waals surface area contributed by atoms with Crippen LogP contribution >= 0.6 is 24.8 Å². The maximum Gasteiger partial charge on any atom is 0.0299 e. The molecule has 16 heavy (non-hydrogen) atoms. The van der Waals surface area contributed by atoms with Gasteiger partial charge in [0.05, 0.1) is 0 Å². The first-order chi connectivity index (χ1) is 6.84. The highest BCUT2D eigenvalue weighted by Gasteiger charge is 2.18. The number of pyridine rings is 1. The van der Waals surface area contributed by atoms with Crippen LogP contribution in [0.15, 0.2) is 24.5 Å². The number of hydrogen-bond acceptors (Lipinski definition) is 2. The summed E-state index contributed by atoms with van der Waals surface area (Å²) < 4.78 is 0. The Balaban J connectivity index is 0.00000112. The Morgan fingerprint density at radius 1 is 1.19 bits per heavy atom. The largest absolute Gasteiger partial charge is 0.328 e. The van der Waals surface area contributed by atoms with Crippen LogP contribution in [0.1, 0.15) is 31.2 Å².